The Morgan fingerprint density at radius 1 is 0.882 bits per heavy atom. The average molecular weight is 504 g/mol. The van der Waals surface area contributed by atoms with E-state index in [1.54, 1.807) is 12.1 Å². The average Bonchev–Trinajstić information content (AvgIpc) is 3.33. The van der Waals surface area contributed by atoms with E-state index in [-0.39, 0.29) is 5.91 Å². The van der Waals surface area contributed by atoms with E-state index in [9.17, 15) is 4.79 Å². The lowest BCUT2D eigenvalue weighted by Gasteiger charge is -2.10. The minimum absolute atomic E-state index is 0.236. The van der Waals surface area contributed by atoms with Gasteiger partial charge in [0.25, 0.3) is 5.91 Å². The van der Waals surface area contributed by atoms with Gasteiger partial charge in [-0.15, -0.1) is 11.3 Å². The van der Waals surface area contributed by atoms with Crippen LogP contribution in [0.2, 0.25) is 10.0 Å². The largest absolute Gasteiger partial charge is 0.298 e. The molecule has 0 aliphatic carbocycles. The lowest BCUT2D eigenvalue weighted by molar-refractivity contribution is 0.102. The van der Waals surface area contributed by atoms with E-state index in [1.165, 1.54) is 16.9 Å². The van der Waals surface area contributed by atoms with E-state index in [0.717, 1.165) is 39.8 Å². The number of carbonyl (C=O) groups is 1. The SMILES string of the molecule is CCc1ccc(-c2cc(C(=O)Nc3nc(-c4ccc(Cl)c(Cl)c4)cs3)c3ccccc3n2)cc1. The van der Waals surface area contributed by atoms with Gasteiger partial charge in [-0.05, 0) is 36.2 Å². The van der Waals surface area contributed by atoms with Crippen molar-refractivity contribution in [1.82, 2.24) is 9.97 Å². The first-order chi connectivity index (χ1) is 16.5. The van der Waals surface area contributed by atoms with Crippen LogP contribution in [-0.4, -0.2) is 15.9 Å². The van der Waals surface area contributed by atoms with Crippen LogP contribution in [0.3, 0.4) is 0 Å². The van der Waals surface area contributed by atoms with Crippen molar-refractivity contribution in [3.05, 3.63) is 99.3 Å². The van der Waals surface area contributed by atoms with Gasteiger partial charge in [-0.25, -0.2) is 9.97 Å². The van der Waals surface area contributed by atoms with Crippen molar-refractivity contribution < 1.29 is 4.79 Å². The number of aryl methyl sites for hydroxylation is 1. The fraction of sp³-hybridized carbons (Fsp3) is 0.0741. The van der Waals surface area contributed by atoms with Crippen molar-refractivity contribution in [2.45, 2.75) is 13.3 Å². The molecule has 0 atom stereocenters. The Hall–Kier alpha value is -3.25. The zero-order valence-electron chi connectivity index (χ0n) is 18.2. The topological polar surface area (TPSA) is 54.9 Å². The van der Waals surface area contributed by atoms with E-state index in [2.05, 4.69) is 29.4 Å². The molecule has 4 nitrogen and oxygen atoms in total. The second-order valence-electron chi connectivity index (χ2n) is 7.74. The van der Waals surface area contributed by atoms with Crippen molar-refractivity contribution in [2.24, 2.45) is 0 Å². The standard InChI is InChI=1S/C27H19Cl2N3OS/c1-2-16-7-9-17(10-8-16)24-14-20(19-5-3-4-6-23(19)30-24)26(33)32-27-31-25(15-34-27)18-11-12-21(28)22(29)13-18/h3-15H,2H2,1H3,(H,31,32,33). The molecule has 0 saturated heterocycles. The van der Waals surface area contributed by atoms with Gasteiger partial charge in [-0.3, -0.25) is 10.1 Å². The monoisotopic (exact) mass is 503 g/mol. The predicted octanol–water partition coefficient (Wildman–Crippen LogP) is 8.15. The van der Waals surface area contributed by atoms with Gasteiger partial charge >= 0.3 is 0 Å². The molecule has 0 unspecified atom stereocenters. The lowest BCUT2D eigenvalue weighted by atomic mass is 10.0. The molecule has 0 spiro atoms. The number of halogens is 2. The second kappa shape index (κ2) is 9.55. The van der Waals surface area contributed by atoms with Gasteiger partial charge in [0, 0.05) is 21.9 Å². The summed E-state index contributed by atoms with van der Waals surface area (Å²) >= 11 is 13.5. The number of nitrogens with one attached hydrogen (secondary N) is 1. The van der Waals surface area contributed by atoms with Crippen molar-refractivity contribution in [1.29, 1.82) is 0 Å². The Balaban J connectivity index is 1.48. The molecule has 0 saturated carbocycles. The first-order valence-electron chi connectivity index (χ1n) is 10.7. The van der Waals surface area contributed by atoms with Crippen molar-refractivity contribution in [2.75, 3.05) is 5.32 Å². The Morgan fingerprint density at radius 3 is 2.41 bits per heavy atom. The molecule has 3 aromatic carbocycles. The molecule has 0 fully saturated rings. The number of aromatic nitrogens is 2. The van der Waals surface area contributed by atoms with Crippen LogP contribution in [0.4, 0.5) is 5.13 Å². The highest BCUT2D eigenvalue weighted by atomic mass is 35.5. The van der Waals surface area contributed by atoms with Gasteiger partial charge < -0.3 is 0 Å². The third-order valence-corrected chi connectivity index (χ3v) is 7.06. The highest BCUT2D eigenvalue weighted by Crippen LogP contribution is 2.31. The molecule has 2 aromatic heterocycles. The Bertz CT molecular complexity index is 1510. The van der Waals surface area contributed by atoms with Crippen LogP contribution in [0, 0.1) is 0 Å². The lowest BCUT2D eigenvalue weighted by Crippen LogP contribution is -2.13. The van der Waals surface area contributed by atoms with Crippen LogP contribution in [0.5, 0.6) is 0 Å². The van der Waals surface area contributed by atoms with E-state index >= 15 is 0 Å². The third kappa shape index (κ3) is 4.55. The van der Waals surface area contributed by atoms with E-state index in [4.69, 9.17) is 28.2 Å². The Kier molecular flexibility index (Phi) is 6.33. The van der Waals surface area contributed by atoms with Crippen LogP contribution in [0.1, 0.15) is 22.8 Å². The molecule has 2 heterocycles. The van der Waals surface area contributed by atoms with E-state index < -0.39 is 0 Å². The molecule has 1 amide bonds. The number of hydrogen-bond donors (Lipinski definition) is 1. The summed E-state index contributed by atoms with van der Waals surface area (Å²) in [6.07, 6.45) is 0.969. The van der Waals surface area contributed by atoms with Crippen LogP contribution < -0.4 is 5.32 Å². The van der Waals surface area contributed by atoms with Gasteiger partial charge in [0.15, 0.2) is 5.13 Å². The van der Waals surface area contributed by atoms with Gasteiger partial charge in [0.05, 0.1) is 32.5 Å². The molecular formula is C27H19Cl2N3OS. The normalized spacial score (nSPS) is 11.0. The maximum absolute atomic E-state index is 13.3. The predicted molar refractivity (Wildman–Crippen MR) is 142 cm³/mol. The molecular weight excluding hydrogens is 485 g/mol. The minimum atomic E-state index is -0.236. The summed E-state index contributed by atoms with van der Waals surface area (Å²) < 4.78 is 0. The summed E-state index contributed by atoms with van der Waals surface area (Å²) in [5.41, 5.74) is 5.83. The number of rotatable bonds is 5. The zero-order valence-corrected chi connectivity index (χ0v) is 20.5. The van der Waals surface area contributed by atoms with Crippen LogP contribution in [-0.2, 0) is 6.42 Å². The second-order valence-corrected chi connectivity index (χ2v) is 9.42. The number of carbonyl (C=O) groups excluding carboxylic acids is 1. The molecule has 0 bridgehead atoms. The summed E-state index contributed by atoms with van der Waals surface area (Å²) in [6, 6.07) is 23.1. The van der Waals surface area contributed by atoms with Gasteiger partial charge in [-0.1, -0.05) is 78.7 Å². The number of hydrogen-bond acceptors (Lipinski definition) is 4. The summed E-state index contributed by atoms with van der Waals surface area (Å²) in [6.45, 7) is 2.12. The minimum Gasteiger partial charge on any atom is -0.298 e. The fourth-order valence-corrected chi connectivity index (χ4v) is 4.72. The number of fused-ring (bicyclic) bond motifs is 1. The molecule has 1 N–H and O–H groups in total. The molecule has 0 aliphatic heterocycles. The summed E-state index contributed by atoms with van der Waals surface area (Å²) in [4.78, 5) is 22.7. The van der Waals surface area contributed by atoms with Gasteiger partial charge in [0.2, 0.25) is 0 Å². The number of benzene rings is 3. The summed E-state index contributed by atoms with van der Waals surface area (Å²) in [7, 11) is 0. The zero-order chi connectivity index (χ0) is 23.7. The van der Waals surface area contributed by atoms with Crippen molar-refractivity contribution in [3.8, 4) is 22.5 Å². The molecule has 5 aromatic rings. The Morgan fingerprint density at radius 2 is 1.65 bits per heavy atom. The summed E-state index contributed by atoms with van der Waals surface area (Å²) in [5, 5.41) is 7.05. The number of thiazole rings is 1. The smallest absolute Gasteiger partial charge is 0.258 e. The van der Waals surface area contributed by atoms with Crippen molar-refractivity contribution >= 4 is 56.5 Å². The van der Waals surface area contributed by atoms with Gasteiger partial charge in [-0.2, -0.15) is 0 Å². The van der Waals surface area contributed by atoms with Crippen molar-refractivity contribution in [3.63, 3.8) is 0 Å². The van der Waals surface area contributed by atoms with E-state index in [1.807, 2.05) is 53.9 Å². The molecule has 34 heavy (non-hydrogen) atoms. The molecule has 7 heteroatoms. The number of amides is 1. The highest BCUT2D eigenvalue weighted by molar-refractivity contribution is 7.14. The molecule has 0 radical (unpaired) electrons. The van der Waals surface area contributed by atoms with Gasteiger partial charge in [0.1, 0.15) is 0 Å². The first kappa shape index (κ1) is 22.5. The molecule has 168 valence electrons. The third-order valence-electron chi connectivity index (χ3n) is 5.56. The van der Waals surface area contributed by atoms with Crippen LogP contribution in [0.15, 0.2) is 78.2 Å². The number of anilines is 1. The first-order valence-corrected chi connectivity index (χ1v) is 12.4. The van der Waals surface area contributed by atoms with Crippen LogP contribution >= 0.6 is 34.5 Å². The van der Waals surface area contributed by atoms with E-state index in [0.29, 0.717) is 20.7 Å². The number of para-hydroxylation sites is 1. The summed E-state index contributed by atoms with van der Waals surface area (Å²) in [5.74, 6) is -0.236. The highest BCUT2D eigenvalue weighted by Gasteiger charge is 2.16. The molecule has 0 aliphatic rings. The molecule has 5 rings (SSSR count). The van der Waals surface area contributed by atoms with Crippen LogP contribution in [0.25, 0.3) is 33.4 Å². The number of nitrogens with zero attached hydrogens (tertiary/aromatic N) is 2. The Labute approximate surface area is 211 Å². The fourth-order valence-electron chi connectivity index (χ4n) is 3.71. The maximum atomic E-state index is 13.3. The quantitative estimate of drug-likeness (QED) is 0.263. The maximum Gasteiger partial charge on any atom is 0.258 e. The number of pyridine rings is 1.